The minimum atomic E-state index is -0.0802. The van der Waals surface area contributed by atoms with Crippen molar-refractivity contribution < 1.29 is 9.53 Å². The third-order valence-electron chi connectivity index (χ3n) is 7.59. The number of amides is 1. The average Bonchev–Trinajstić information content (AvgIpc) is 3.17. The number of hydrogen-bond donors (Lipinski definition) is 1. The smallest absolute Gasteiger partial charge is 0.273 e. The normalized spacial score (nSPS) is 27.5. The molecule has 1 amide bonds. The third-order valence-corrected chi connectivity index (χ3v) is 8.67. The predicted octanol–water partition coefficient (Wildman–Crippen LogP) is 5.73. The SMILES string of the molecule is COc1c(Sc2ccccc2)c(C(=O)NC23CC4CC(CC(C4)C2)C3)nn1-c1ccccc1. The highest BCUT2D eigenvalue weighted by Crippen LogP contribution is 2.55. The first-order valence-electron chi connectivity index (χ1n) is 11.9. The molecule has 0 saturated heterocycles. The number of aromatic nitrogens is 2. The van der Waals surface area contributed by atoms with Crippen LogP contribution in [0.3, 0.4) is 0 Å². The van der Waals surface area contributed by atoms with Gasteiger partial charge in [-0.2, -0.15) is 9.78 Å². The molecule has 0 unspecified atom stereocenters. The van der Waals surface area contributed by atoms with Crippen molar-refractivity contribution in [3.8, 4) is 11.6 Å². The van der Waals surface area contributed by atoms with E-state index in [0.717, 1.165) is 52.5 Å². The Bertz CT molecular complexity index is 1120. The summed E-state index contributed by atoms with van der Waals surface area (Å²) in [6.07, 6.45) is 7.38. The maximum atomic E-state index is 13.8. The molecule has 0 aliphatic heterocycles. The molecule has 0 radical (unpaired) electrons. The molecular weight excluding hydrogens is 430 g/mol. The molecule has 4 aliphatic rings. The molecule has 4 fully saturated rings. The molecule has 1 N–H and O–H groups in total. The molecule has 0 spiro atoms. The molecule has 1 aromatic heterocycles. The van der Waals surface area contributed by atoms with Crippen LogP contribution < -0.4 is 10.1 Å². The zero-order valence-electron chi connectivity index (χ0n) is 18.9. The molecule has 5 nitrogen and oxygen atoms in total. The molecule has 1 heterocycles. The van der Waals surface area contributed by atoms with Gasteiger partial charge < -0.3 is 10.1 Å². The molecule has 4 aliphatic carbocycles. The van der Waals surface area contributed by atoms with Crippen molar-refractivity contribution >= 4 is 17.7 Å². The molecule has 7 rings (SSSR count). The summed E-state index contributed by atoms with van der Waals surface area (Å²) in [5, 5.41) is 8.30. The molecule has 4 bridgehead atoms. The summed E-state index contributed by atoms with van der Waals surface area (Å²) in [6, 6.07) is 20.0. The third kappa shape index (κ3) is 3.84. The van der Waals surface area contributed by atoms with Gasteiger partial charge in [0.25, 0.3) is 5.91 Å². The summed E-state index contributed by atoms with van der Waals surface area (Å²) < 4.78 is 7.58. The van der Waals surface area contributed by atoms with Crippen LogP contribution >= 0.6 is 11.8 Å². The van der Waals surface area contributed by atoms with Gasteiger partial charge >= 0.3 is 0 Å². The lowest BCUT2D eigenvalue weighted by Gasteiger charge is -2.56. The summed E-state index contributed by atoms with van der Waals surface area (Å²) in [5.41, 5.74) is 1.25. The summed E-state index contributed by atoms with van der Waals surface area (Å²) >= 11 is 1.53. The van der Waals surface area contributed by atoms with Crippen LogP contribution in [0.1, 0.15) is 49.0 Å². The number of carbonyl (C=O) groups is 1. The minimum absolute atomic E-state index is 0.0652. The van der Waals surface area contributed by atoms with E-state index in [4.69, 9.17) is 9.84 Å². The molecular formula is C27H29N3O2S. The van der Waals surface area contributed by atoms with Crippen LogP contribution in [-0.2, 0) is 0 Å². The van der Waals surface area contributed by atoms with Gasteiger partial charge in [0.15, 0.2) is 5.69 Å². The summed E-state index contributed by atoms with van der Waals surface area (Å²) in [4.78, 5) is 15.6. The zero-order chi connectivity index (χ0) is 22.4. The Hall–Kier alpha value is -2.73. The van der Waals surface area contributed by atoms with Crippen LogP contribution in [0.5, 0.6) is 5.88 Å². The van der Waals surface area contributed by atoms with Crippen LogP contribution in [0, 0.1) is 17.8 Å². The van der Waals surface area contributed by atoms with Gasteiger partial charge in [0.2, 0.25) is 5.88 Å². The highest BCUT2D eigenvalue weighted by Gasteiger charge is 2.51. The standard InChI is InChI=1S/C27H29N3O2S/c1-32-26-24(33-22-10-6-3-7-11-22)23(29-30(26)21-8-4-2-5-9-21)25(31)28-27-15-18-12-19(16-27)14-20(13-18)17-27/h2-11,18-20H,12-17H2,1H3,(H,28,31). The number of ether oxygens (including phenoxy) is 1. The number of para-hydroxylation sites is 1. The number of carbonyl (C=O) groups excluding carboxylic acids is 1. The quantitative estimate of drug-likeness (QED) is 0.511. The molecule has 3 aromatic rings. The second kappa shape index (κ2) is 8.24. The van der Waals surface area contributed by atoms with Crippen molar-refractivity contribution in [1.82, 2.24) is 15.1 Å². The summed E-state index contributed by atoms with van der Waals surface area (Å²) in [6.45, 7) is 0. The Morgan fingerprint density at radius 2 is 1.55 bits per heavy atom. The highest BCUT2D eigenvalue weighted by atomic mass is 32.2. The number of methoxy groups -OCH3 is 1. The number of hydrogen-bond acceptors (Lipinski definition) is 4. The van der Waals surface area contributed by atoms with Gasteiger partial charge in [-0.15, -0.1) is 0 Å². The van der Waals surface area contributed by atoms with E-state index in [-0.39, 0.29) is 11.4 Å². The minimum Gasteiger partial charge on any atom is -0.480 e. The Kier molecular flexibility index (Phi) is 5.21. The van der Waals surface area contributed by atoms with Crippen LogP contribution in [0.2, 0.25) is 0 Å². The molecule has 0 atom stereocenters. The van der Waals surface area contributed by atoms with E-state index >= 15 is 0 Å². The van der Waals surface area contributed by atoms with Crippen LogP contribution in [0.4, 0.5) is 0 Å². The van der Waals surface area contributed by atoms with E-state index in [1.807, 2.05) is 60.7 Å². The maximum absolute atomic E-state index is 13.8. The Balaban J connectivity index is 1.38. The van der Waals surface area contributed by atoms with Crippen molar-refractivity contribution in [3.05, 3.63) is 66.4 Å². The molecule has 6 heteroatoms. The van der Waals surface area contributed by atoms with Gasteiger partial charge in [-0.25, -0.2) is 0 Å². The lowest BCUT2D eigenvalue weighted by atomic mass is 9.53. The fraction of sp³-hybridized carbons (Fsp3) is 0.407. The van der Waals surface area contributed by atoms with Crippen molar-refractivity contribution in [2.24, 2.45) is 17.8 Å². The Morgan fingerprint density at radius 1 is 0.970 bits per heavy atom. The van der Waals surface area contributed by atoms with E-state index < -0.39 is 0 Å². The average molecular weight is 460 g/mol. The second-order valence-corrected chi connectivity index (χ2v) is 11.1. The molecule has 2 aromatic carbocycles. The highest BCUT2D eigenvalue weighted by molar-refractivity contribution is 7.99. The van der Waals surface area contributed by atoms with Gasteiger partial charge in [-0.3, -0.25) is 4.79 Å². The summed E-state index contributed by atoms with van der Waals surface area (Å²) in [7, 11) is 1.65. The number of nitrogens with zero attached hydrogens (tertiary/aromatic N) is 2. The van der Waals surface area contributed by atoms with E-state index in [2.05, 4.69) is 5.32 Å². The van der Waals surface area contributed by atoms with Crippen molar-refractivity contribution in [2.45, 2.75) is 53.9 Å². The van der Waals surface area contributed by atoms with Gasteiger partial charge in [0.1, 0.15) is 4.90 Å². The fourth-order valence-corrected chi connectivity index (χ4v) is 7.74. The number of benzene rings is 2. The van der Waals surface area contributed by atoms with E-state index in [1.165, 1.54) is 31.0 Å². The van der Waals surface area contributed by atoms with Crippen LogP contribution in [0.15, 0.2) is 70.5 Å². The Labute approximate surface area is 198 Å². The number of nitrogens with one attached hydrogen (secondary N) is 1. The first kappa shape index (κ1) is 20.8. The lowest BCUT2D eigenvalue weighted by molar-refractivity contribution is -0.0168. The van der Waals surface area contributed by atoms with E-state index in [1.54, 1.807) is 11.8 Å². The predicted molar refractivity (Wildman–Crippen MR) is 129 cm³/mol. The topological polar surface area (TPSA) is 56.1 Å². The van der Waals surface area contributed by atoms with E-state index in [9.17, 15) is 4.79 Å². The van der Waals surface area contributed by atoms with Gasteiger partial charge in [0, 0.05) is 10.4 Å². The van der Waals surface area contributed by atoms with Gasteiger partial charge in [-0.1, -0.05) is 48.2 Å². The maximum Gasteiger partial charge on any atom is 0.273 e. The van der Waals surface area contributed by atoms with Crippen molar-refractivity contribution in [3.63, 3.8) is 0 Å². The van der Waals surface area contributed by atoms with Crippen molar-refractivity contribution in [1.29, 1.82) is 0 Å². The zero-order valence-corrected chi connectivity index (χ0v) is 19.7. The first-order chi connectivity index (χ1) is 16.1. The molecule has 33 heavy (non-hydrogen) atoms. The summed E-state index contributed by atoms with van der Waals surface area (Å²) in [5.74, 6) is 2.82. The molecule has 170 valence electrons. The van der Waals surface area contributed by atoms with Gasteiger partial charge in [-0.05, 0) is 80.5 Å². The Morgan fingerprint density at radius 3 is 2.12 bits per heavy atom. The number of rotatable bonds is 6. The molecule has 4 saturated carbocycles. The van der Waals surface area contributed by atoms with Crippen molar-refractivity contribution in [2.75, 3.05) is 7.11 Å². The first-order valence-corrected chi connectivity index (χ1v) is 12.7. The van der Waals surface area contributed by atoms with Crippen LogP contribution in [0.25, 0.3) is 5.69 Å². The largest absolute Gasteiger partial charge is 0.480 e. The monoisotopic (exact) mass is 459 g/mol. The van der Waals surface area contributed by atoms with Crippen LogP contribution in [-0.4, -0.2) is 28.3 Å². The lowest BCUT2D eigenvalue weighted by Crippen LogP contribution is -2.59. The van der Waals surface area contributed by atoms with E-state index in [0.29, 0.717) is 11.6 Å². The fourth-order valence-electron chi connectivity index (χ4n) is 6.72. The second-order valence-electron chi connectivity index (χ2n) is 10.0. The van der Waals surface area contributed by atoms with Gasteiger partial charge in [0.05, 0.1) is 12.8 Å².